The largest absolute Gasteiger partial charge is 0.329 e. The molecule has 19 heavy (non-hydrogen) atoms. The fourth-order valence-corrected chi connectivity index (χ4v) is 3.30. The molecule has 0 aliphatic heterocycles. The minimum Gasteiger partial charge on any atom is -0.329 e. The summed E-state index contributed by atoms with van der Waals surface area (Å²) in [5.41, 5.74) is 7.59. The van der Waals surface area contributed by atoms with Crippen LogP contribution >= 0.6 is 0 Å². The van der Waals surface area contributed by atoms with Gasteiger partial charge in [-0.15, -0.1) is 0 Å². The lowest BCUT2D eigenvalue weighted by Crippen LogP contribution is -2.53. The van der Waals surface area contributed by atoms with Gasteiger partial charge in [-0.1, -0.05) is 19.4 Å². The number of rotatable bonds is 5. The van der Waals surface area contributed by atoms with Crippen molar-refractivity contribution in [3.05, 3.63) is 30.1 Å². The van der Waals surface area contributed by atoms with Crippen LogP contribution in [0.4, 0.5) is 0 Å². The Hall–Kier alpha value is -0.930. The summed E-state index contributed by atoms with van der Waals surface area (Å²) in [5, 5.41) is 0. The van der Waals surface area contributed by atoms with E-state index in [2.05, 4.69) is 29.9 Å². The standard InChI is InChI=1S/C16H27N3/c1-3-14-6-8-16(13-17,9-7-14)19(2)12-15-5-4-10-18-11-15/h4-5,10-11,14H,3,6-9,12-13,17H2,1-2H3. The predicted molar refractivity (Wildman–Crippen MR) is 79.7 cm³/mol. The lowest BCUT2D eigenvalue weighted by Gasteiger charge is -2.46. The molecule has 1 aliphatic rings. The highest BCUT2D eigenvalue weighted by atomic mass is 15.2. The first-order chi connectivity index (χ1) is 9.20. The molecule has 3 nitrogen and oxygen atoms in total. The van der Waals surface area contributed by atoms with Gasteiger partial charge in [0, 0.05) is 31.0 Å². The second-order valence-corrected chi connectivity index (χ2v) is 6.00. The zero-order chi connectivity index (χ0) is 13.7. The average molecular weight is 261 g/mol. The van der Waals surface area contributed by atoms with Crippen LogP contribution in [-0.4, -0.2) is 29.0 Å². The first kappa shape index (κ1) is 14.5. The van der Waals surface area contributed by atoms with E-state index >= 15 is 0 Å². The van der Waals surface area contributed by atoms with E-state index in [4.69, 9.17) is 5.73 Å². The monoisotopic (exact) mass is 261 g/mol. The number of nitrogens with two attached hydrogens (primary N) is 1. The molecule has 3 heteroatoms. The van der Waals surface area contributed by atoms with E-state index in [0.717, 1.165) is 19.0 Å². The maximum Gasteiger partial charge on any atom is 0.0332 e. The van der Waals surface area contributed by atoms with Crippen molar-refractivity contribution in [1.29, 1.82) is 0 Å². The van der Waals surface area contributed by atoms with E-state index < -0.39 is 0 Å². The number of nitrogens with zero attached hydrogens (tertiary/aromatic N) is 2. The average Bonchev–Trinajstić information content (AvgIpc) is 2.48. The highest BCUT2D eigenvalue weighted by Crippen LogP contribution is 2.37. The van der Waals surface area contributed by atoms with Crippen molar-refractivity contribution in [2.75, 3.05) is 13.6 Å². The summed E-state index contributed by atoms with van der Waals surface area (Å²) in [7, 11) is 2.21. The van der Waals surface area contributed by atoms with Crippen LogP contribution in [-0.2, 0) is 6.54 Å². The maximum atomic E-state index is 6.12. The van der Waals surface area contributed by atoms with Crippen molar-refractivity contribution in [2.24, 2.45) is 11.7 Å². The van der Waals surface area contributed by atoms with Gasteiger partial charge in [-0.05, 0) is 50.3 Å². The quantitative estimate of drug-likeness (QED) is 0.886. The number of hydrogen-bond acceptors (Lipinski definition) is 3. The first-order valence-electron chi connectivity index (χ1n) is 7.50. The van der Waals surface area contributed by atoms with Crippen LogP contribution in [0, 0.1) is 5.92 Å². The fourth-order valence-electron chi connectivity index (χ4n) is 3.30. The summed E-state index contributed by atoms with van der Waals surface area (Å²) in [6, 6.07) is 4.15. The van der Waals surface area contributed by atoms with Gasteiger partial charge in [0.15, 0.2) is 0 Å². The number of likely N-dealkylation sites (N-methyl/N-ethyl adjacent to an activating group) is 1. The molecule has 0 unspecified atom stereocenters. The Balaban J connectivity index is 2.01. The molecule has 0 saturated heterocycles. The van der Waals surface area contributed by atoms with Gasteiger partial charge < -0.3 is 5.73 Å². The van der Waals surface area contributed by atoms with Gasteiger partial charge in [-0.2, -0.15) is 0 Å². The van der Waals surface area contributed by atoms with Crippen LogP contribution < -0.4 is 5.73 Å². The smallest absolute Gasteiger partial charge is 0.0332 e. The number of aromatic nitrogens is 1. The minimum atomic E-state index is 0.196. The Kier molecular flexibility index (Phi) is 4.94. The molecule has 0 radical (unpaired) electrons. The van der Waals surface area contributed by atoms with Gasteiger partial charge in [0.1, 0.15) is 0 Å². The molecule has 1 saturated carbocycles. The third-order valence-electron chi connectivity index (χ3n) is 4.95. The van der Waals surface area contributed by atoms with Gasteiger partial charge in [0.2, 0.25) is 0 Å². The second-order valence-electron chi connectivity index (χ2n) is 6.00. The third-order valence-corrected chi connectivity index (χ3v) is 4.95. The lowest BCUT2D eigenvalue weighted by molar-refractivity contribution is 0.0578. The second kappa shape index (κ2) is 6.49. The third kappa shape index (κ3) is 3.34. The van der Waals surface area contributed by atoms with Crippen LogP contribution in [0.25, 0.3) is 0 Å². The van der Waals surface area contributed by atoms with Gasteiger partial charge >= 0.3 is 0 Å². The molecular formula is C16H27N3. The summed E-state index contributed by atoms with van der Waals surface area (Å²) in [4.78, 5) is 6.65. The Morgan fingerprint density at radius 3 is 2.68 bits per heavy atom. The molecule has 0 spiro atoms. The molecule has 1 aliphatic carbocycles. The zero-order valence-corrected chi connectivity index (χ0v) is 12.3. The summed E-state index contributed by atoms with van der Waals surface area (Å²) in [5.74, 6) is 0.909. The molecule has 106 valence electrons. The Bertz CT molecular complexity index is 369. The Morgan fingerprint density at radius 2 is 2.16 bits per heavy atom. The van der Waals surface area contributed by atoms with Crippen LogP contribution in [0.2, 0.25) is 0 Å². The SMILES string of the molecule is CCC1CCC(CN)(N(C)Cc2cccnc2)CC1. The van der Waals surface area contributed by atoms with E-state index in [0.29, 0.717) is 0 Å². The van der Waals surface area contributed by atoms with Crippen LogP contribution in [0.3, 0.4) is 0 Å². The van der Waals surface area contributed by atoms with E-state index in [1.54, 1.807) is 0 Å². The molecule has 2 rings (SSSR count). The minimum absolute atomic E-state index is 0.196. The molecule has 1 aromatic rings. The molecule has 2 N–H and O–H groups in total. The summed E-state index contributed by atoms with van der Waals surface area (Å²) >= 11 is 0. The van der Waals surface area contributed by atoms with Crippen molar-refractivity contribution in [3.63, 3.8) is 0 Å². The van der Waals surface area contributed by atoms with Crippen LogP contribution in [0.15, 0.2) is 24.5 Å². The van der Waals surface area contributed by atoms with Gasteiger partial charge in [-0.3, -0.25) is 9.88 Å². The molecule has 1 aromatic heterocycles. The predicted octanol–water partition coefficient (Wildman–Crippen LogP) is 2.81. The summed E-state index contributed by atoms with van der Waals surface area (Å²) < 4.78 is 0. The number of pyridine rings is 1. The number of hydrogen-bond donors (Lipinski definition) is 1. The Labute approximate surface area is 117 Å². The maximum absolute atomic E-state index is 6.12. The van der Waals surface area contributed by atoms with Crippen molar-refractivity contribution in [1.82, 2.24) is 9.88 Å². The highest BCUT2D eigenvalue weighted by molar-refractivity contribution is 5.09. The normalized spacial score (nSPS) is 27.7. The van der Waals surface area contributed by atoms with Gasteiger partial charge in [-0.25, -0.2) is 0 Å². The summed E-state index contributed by atoms with van der Waals surface area (Å²) in [6.45, 7) is 4.02. The van der Waals surface area contributed by atoms with E-state index in [1.807, 2.05) is 18.5 Å². The molecule has 1 heterocycles. The van der Waals surface area contributed by atoms with Crippen molar-refractivity contribution in [3.8, 4) is 0 Å². The Morgan fingerprint density at radius 1 is 1.42 bits per heavy atom. The van der Waals surface area contributed by atoms with Gasteiger partial charge in [0.05, 0.1) is 0 Å². The van der Waals surface area contributed by atoms with Crippen molar-refractivity contribution >= 4 is 0 Å². The first-order valence-corrected chi connectivity index (χ1v) is 7.50. The highest BCUT2D eigenvalue weighted by Gasteiger charge is 2.36. The molecule has 0 atom stereocenters. The zero-order valence-electron chi connectivity index (χ0n) is 12.3. The van der Waals surface area contributed by atoms with E-state index in [-0.39, 0.29) is 5.54 Å². The van der Waals surface area contributed by atoms with Crippen molar-refractivity contribution in [2.45, 2.75) is 51.1 Å². The van der Waals surface area contributed by atoms with Gasteiger partial charge in [0.25, 0.3) is 0 Å². The van der Waals surface area contributed by atoms with Crippen LogP contribution in [0.1, 0.15) is 44.6 Å². The molecule has 0 aromatic carbocycles. The van der Waals surface area contributed by atoms with Crippen LogP contribution in [0.5, 0.6) is 0 Å². The molecule has 0 bridgehead atoms. The topological polar surface area (TPSA) is 42.1 Å². The fraction of sp³-hybridized carbons (Fsp3) is 0.688. The molecule has 0 amide bonds. The summed E-state index contributed by atoms with van der Waals surface area (Å²) in [6.07, 6.45) is 10.2. The molecule has 1 fully saturated rings. The molecular weight excluding hydrogens is 234 g/mol. The van der Waals surface area contributed by atoms with E-state index in [9.17, 15) is 0 Å². The lowest BCUT2D eigenvalue weighted by atomic mass is 9.74. The van der Waals surface area contributed by atoms with E-state index in [1.165, 1.54) is 37.7 Å². The van der Waals surface area contributed by atoms with Crippen molar-refractivity contribution < 1.29 is 0 Å².